The van der Waals surface area contributed by atoms with Gasteiger partial charge in [0.05, 0.1) is 0 Å². The van der Waals surface area contributed by atoms with Gasteiger partial charge in [-0.15, -0.1) is 0 Å². The molecule has 2 aromatic rings. The maximum atomic E-state index is 12.8. The van der Waals surface area contributed by atoms with Crippen LogP contribution in [0.25, 0.3) is 0 Å². The Morgan fingerprint density at radius 3 is 2.46 bits per heavy atom. The second-order valence-corrected chi connectivity index (χ2v) is 6.74. The molecule has 0 spiro atoms. The first kappa shape index (κ1) is 18.3. The molecule has 2 amide bonds. The van der Waals surface area contributed by atoms with Crippen molar-refractivity contribution in [1.82, 2.24) is 4.90 Å². The van der Waals surface area contributed by atoms with Crippen LogP contribution in [0, 0.1) is 6.92 Å². The summed E-state index contributed by atoms with van der Waals surface area (Å²) >= 11 is 5.86. The molecule has 0 saturated carbocycles. The van der Waals surface area contributed by atoms with Crippen LogP contribution in [0.1, 0.15) is 18.4 Å². The van der Waals surface area contributed by atoms with Crippen LogP contribution in [0.5, 0.6) is 5.75 Å². The first-order chi connectivity index (χ1) is 12.5. The number of ether oxygens (including phenoxy) is 1. The van der Waals surface area contributed by atoms with Gasteiger partial charge in [0, 0.05) is 23.7 Å². The highest BCUT2D eigenvalue weighted by Crippen LogP contribution is 2.20. The van der Waals surface area contributed by atoms with Crippen molar-refractivity contribution in [2.75, 3.05) is 24.7 Å². The highest BCUT2D eigenvalue weighted by Gasteiger charge is 2.25. The number of hydrogen-bond acceptors (Lipinski definition) is 3. The number of rotatable bonds is 6. The molecule has 1 heterocycles. The van der Waals surface area contributed by atoms with E-state index in [9.17, 15) is 9.59 Å². The lowest BCUT2D eigenvalue weighted by molar-refractivity contribution is -0.128. The predicted molar refractivity (Wildman–Crippen MR) is 101 cm³/mol. The normalized spacial score (nSPS) is 13.8. The average Bonchev–Trinajstić information content (AvgIpc) is 3.04. The molecule has 0 bridgehead atoms. The van der Waals surface area contributed by atoms with Crippen molar-refractivity contribution in [3.63, 3.8) is 0 Å². The molecule has 1 aliphatic rings. The van der Waals surface area contributed by atoms with Crippen LogP contribution in [0.4, 0.5) is 5.69 Å². The summed E-state index contributed by atoms with van der Waals surface area (Å²) in [6.45, 7) is 2.79. The Labute approximate surface area is 158 Å². The first-order valence-electron chi connectivity index (χ1n) is 8.56. The molecule has 0 aromatic heterocycles. The molecule has 0 unspecified atom stereocenters. The van der Waals surface area contributed by atoms with Crippen molar-refractivity contribution < 1.29 is 14.3 Å². The Balaban J connectivity index is 1.72. The van der Waals surface area contributed by atoms with E-state index in [1.54, 1.807) is 34.1 Å². The minimum absolute atomic E-state index is 0.0773. The van der Waals surface area contributed by atoms with E-state index < -0.39 is 0 Å². The summed E-state index contributed by atoms with van der Waals surface area (Å²) in [5, 5.41) is 0.609. The SMILES string of the molecule is Cc1ccc(N(CN2CCCC2=O)C(=O)COc2ccc(Cl)cc2)cc1. The van der Waals surface area contributed by atoms with E-state index in [4.69, 9.17) is 16.3 Å². The molecule has 26 heavy (non-hydrogen) atoms. The van der Waals surface area contributed by atoms with E-state index in [1.807, 2.05) is 31.2 Å². The number of hydrogen-bond donors (Lipinski definition) is 0. The summed E-state index contributed by atoms with van der Waals surface area (Å²) in [5.41, 5.74) is 1.86. The number of amides is 2. The molecule has 6 heteroatoms. The standard InChI is InChI=1S/C20H21ClN2O3/c1-15-4-8-17(9-5-15)23(14-22-12-2-3-19(22)24)20(25)13-26-18-10-6-16(21)7-11-18/h4-11H,2-3,12-14H2,1H3. The number of likely N-dealkylation sites (tertiary alicyclic amines) is 1. The Kier molecular flexibility index (Phi) is 5.78. The van der Waals surface area contributed by atoms with Gasteiger partial charge in [-0.1, -0.05) is 29.3 Å². The van der Waals surface area contributed by atoms with Gasteiger partial charge in [0.15, 0.2) is 6.61 Å². The molecule has 0 N–H and O–H groups in total. The van der Waals surface area contributed by atoms with Crippen molar-refractivity contribution >= 4 is 29.1 Å². The smallest absolute Gasteiger partial charge is 0.266 e. The topological polar surface area (TPSA) is 49.9 Å². The van der Waals surface area contributed by atoms with Crippen molar-refractivity contribution in [3.8, 4) is 5.75 Å². The fourth-order valence-electron chi connectivity index (χ4n) is 2.81. The third kappa shape index (κ3) is 4.55. The number of anilines is 1. The Hall–Kier alpha value is -2.53. The van der Waals surface area contributed by atoms with Gasteiger partial charge >= 0.3 is 0 Å². The van der Waals surface area contributed by atoms with Crippen LogP contribution < -0.4 is 9.64 Å². The molecule has 5 nitrogen and oxygen atoms in total. The molecule has 2 aromatic carbocycles. The van der Waals surface area contributed by atoms with Crippen molar-refractivity contribution in [2.45, 2.75) is 19.8 Å². The van der Waals surface area contributed by atoms with E-state index in [0.717, 1.165) is 17.7 Å². The number of nitrogens with zero attached hydrogens (tertiary/aromatic N) is 2. The monoisotopic (exact) mass is 372 g/mol. The fourth-order valence-corrected chi connectivity index (χ4v) is 2.93. The van der Waals surface area contributed by atoms with Gasteiger partial charge in [-0.05, 0) is 49.7 Å². The lowest BCUT2D eigenvalue weighted by atomic mass is 10.2. The minimum atomic E-state index is -0.205. The third-order valence-electron chi connectivity index (χ3n) is 4.31. The van der Waals surface area contributed by atoms with Gasteiger partial charge in [0.2, 0.25) is 5.91 Å². The second kappa shape index (κ2) is 8.23. The molecular weight excluding hydrogens is 352 g/mol. The molecule has 136 valence electrons. The summed E-state index contributed by atoms with van der Waals surface area (Å²) < 4.78 is 5.59. The molecule has 1 fully saturated rings. The van der Waals surface area contributed by atoms with Crippen LogP contribution in [0.2, 0.25) is 5.02 Å². The molecule has 1 saturated heterocycles. The van der Waals surface area contributed by atoms with Gasteiger partial charge < -0.3 is 9.64 Å². The Bertz CT molecular complexity index is 775. The van der Waals surface area contributed by atoms with Crippen LogP contribution in [-0.4, -0.2) is 36.5 Å². The molecule has 1 aliphatic heterocycles. The van der Waals surface area contributed by atoms with Crippen molar-refractivity contribution in [1.29, 1.82) is 0 Å². The lowest BCUT2D eigenvalue weighted by Gasteiger charge is -2.28. The van der Waals surface area contributed by atoms with Crippen molar-refractivity contribution in [2.24, 2.45) is 0 Å². The maximum absolute atomic E-state index is 12.8. The van der Waals surface area contributed by atoms with Gasteiger partial charge in [0.1, 0.15) is 12.4 Å². The van der Waals surface area contributed by atoms with Gasteiger partial charge in [-0.3, -0.25) is 14.5 Å². The number of halogens is 1. The lowest BCUT2D eigenvalue weighted by Crippen LogP contribution is -2.44. The molecule has 0 atom stereocenters. The molecule has 3 rings (SSSR count). The van der Waals surface area contributed by atoms with E-state index in [1.165, 1.54) is 0 Å². The zero-order valence-electron chi connectivity index (χ0n) is 14.7. The van der Waals surface area contributed by atoms with E-state index in [0.29, 0.717) is 23.7 Å². The van der Waals surface area contributed by atoms with Crippen LogP contribution in [0.3, 0.4) is 0 Å². The Morgan fingerprint density at radius 1 is 1.15 bits per heavy atom. The number of benzene rings is 2. The van der Waals surface area contributed by atoms with Crippen LogP contribution in [0.15, 0.2) is 48.5 Å². The van der Waals surface area contributed by atoms with Gasteiger partial charge in [-0.2, -0.15) is 0 Å². The molecule has 0 aliphatic carbocycles. The third-order valence-corrected chi connectivity index (χ3v) is 4.56. The maximum Gasteiger partial charge on any atom is 0.266 e. The minimum Gasteiger partial charge on any atom is -0.484 e. The van der Waals surface area contributed by atoms with E-state index >= 15 is 0 Å². The number of aryl methyl sites for hydroxylation is 1. The van der Waals surface area contributed by atoms with Crippen molar-refractivity contribution in [3.05, 3.63) is 59.1 Å². The molecular formula is C20H21ClN2O3. The number of carbonyl (C=O) groups is 2. The molecule has 0 radical (unpaired) electrons. The van der Waals surface area contributed by atoms with Crippen LogP contribution in [-0.2, 0) is 9.59 Å². The highest BCUT2D eigenvalue weighted by molar-refractivity contribution is 6.30. The average molecular weight is 373 g/mol. The van der Waals surface area contributed by atoms with Gasteiger partial charge in [-0.25, -0.2) is 0 Å². The summed E-state index contributed by atoms with van der Waals surface area (Å²) in [6.07, 6.45) is 1.37. The largest absolute Gasteiger partial charge is 0.484 e. The summed E-state index contributed by atoms with van der Waals surface area (Å²) in [4.78, 5) is 28.1. The number of carbonyl (C=O) groups excluding carboxylic acids is 2. The first-order valence-corrected chi connectivity index (χ1v) is 8.94. The summed E-state index contributed by atoms with van der Waals surface area (Å²) in [5.74, 6) is 0.445. The second-order valence-electron chi connectivity index (χ2n) is 6.30. The van der Waals surface area contributed by atoms with Crippen LogP contribution >= 0.6 is 11.6 Å². The quantitative estimate of drug-likeness (QED) is 0.777. The summed E-state index contributed by atoms with van der Waals surface area (Å²) in [6, 6.07) is 14.5. The van der Waals surface area contributed by atoms with Gasteiger partial charge in [0.25, 0.3) is 5.91 Å². The summed E-state index contributed by atoms with van der Waals surface area (Å²) in [7, 11) is 0. The van der Waals surface area contributed by atoms with E-state index in [2.05, 4.69) is 0 Å². The highest BCUT2D eigenvalue weighted by atomic mass is 35.5. The zero-order chi connectivity index (χ0) is 18.5. The fraction of sp³-hybridized carbons (Fsp3) is 0.300. The zero-order valence-corrected chi connectivity index (χ0v) is 15.4. The Morgan fingerprint density at radius 2 is 1.85 bits per heavy atom. The van der Waals surface area contributed by atoms with E-state index in [-0.39, 0.29) is 25.1 Å². The predicted octanol–water partition coefficient (Wildman–Crippen LogP) is 3.64.